The molecule has 4 nitrogen and oxygen atoms in total. The summed E-state index contributed by atoms with van der Waals surface area (Å²) in [5.41, 5.74) is 0.754. The molecule has 94 valence electrons. The normalized spacial score (nSPS) is 10.2. The lowest BCUT2D eigenvalue weighted by Gasteiger charge is -2.08. The second-order valence-electron chi connectivity index (χ2n) is 3.55. The van der Waals surface area contributed by atoms with Crippen LogP contribution in [0.15, 0.2) is 34.9 Å². The third-order valence-electron chi connectivity index (χ3n) is 2.18. The van der Waals surface area contributed by atoms with E-state index in [1.165, 1.54) is 6.07 Å². The van der Waals surface area contributed by atoms with E-state index >= 15 is 0 Å². The minimum absolute atomic E-state index is 0.295. The van der Waals surface area contributed by atoms with E-state index in [4.69, 9.17) is 0 Å². The Bertz CT molecular complexity index is 547. The van der Waals surface area contributed by atoms with Crippen molar-refractivity contribution >= 4 is 33.4 Å². The van der Waals surface area contributed by atoms with Gasteiger partial charge in [0, 0.05) is 18.4 Å². The van der Waals surface area contributed by atoms with E-state index in [-0.39, 0.29) is 5.82 Å². The molecule has 6 heteroatoms. The third-order valence-corrected chi connectivity index (χ3v) is 2.79. The second kappa shape index (κ2) is 5.77. The Morgan fingerprint density at radius 3 is 2.89 bits per heavy atom. The highest BCUT2D eigenvalue weighted by molar-refractivity contribution is 9.10. The molecule has 2 rings (SSSR count). The molecule has 0 atom stereocenters. The predicted molar refractivity (Wildman–Crippen MR) is 73.6 cm³/mol. The Labute approximate surface area is 113 Å². The van der Waals surface area contributed by atoms with Gasteiger partial charge in [0.15, 0.2) is 0 Å². The van der Waals surface area contributed by atoms with Gasteiger partial charge in [0.05, 0.1) is 4.47 Å². The van der Waals surface area contributed by atoms with E-state index in [9.17, 15) is 4.39 Å². The van der Waals surface area contributed by atoms with Crippen LogP contribution >= 0.6 is 15.9 Å². The molecule has 1 aromatic heterocycles. The molecule has 0 radical (unpaired) electrons. The molecule has 0 amide bonds. The summed E-state index contributed by atoms with van der Waals surface area (Å²) in [5.74, 6) is 0.916. The van der Waals surface area contributed by atoms with Crippen LogP contribution in [-0.2, 0) is 0 Å². The monoisotopic (exact) mass is 310 g/mol. The Hall–Kier alpha value is -1.69. The summed E-state index contributed by atoms with van der Waals surface area (Å²) in [6.07, 6.45) is 1.66. The molecule has 0 bridgehead atoms. The number of rotatable bonds is 4. The standard InChI is InChI=1S/C12H12BrFN4/c1-2-15-12-16-6-5-11(18-12)17-8-3-4-10(14)9(13)7-8/h3-7H,2H2,1H3,(H2,15,16,17,18). The van der Waals surface area contributed by atoms with Gasteiger partial charge in [-0.1, -0.05) is 0 Å². The number of hydrogen-bond donors (Lipinski definition) is 2. The van der Waals surface area contributed by atoms with Gasteiger partial charge in [-0.15, -0.1) is 0 Å². The molecule has 1 aromatic carbocycles. The largest absolute Gasteiger partial charge is 0.354 e. The Kier molecular flexibility index (Phi) is 4.09. The number of halogens is 2. The van der Waals surface area contributed by atoms with Crippen LogP contribution in [0.3, 0.4) is 0 Å². The first kappa shape index (κ1) is 12.8. The number of nitrogens with one attached hydrogen (secondary N) is 2. The van der Waals surface area contributed by atoms with E-state index in [0.29, 0.717) is 16.2 Å². The van der Waals surface area contributed by atoms with Crippen molar-refractivity contribution in [1.82, 2.24) is 9.97 Å². The summed E-state index contributed by atoms with van der Waals surface area (Å²) in [7, 11) is 0. The van der Waals surface area contributed by atoms with Gasteiger partial charge in [-0.25, -0.2) is 9.37 Å². The summed E-state index contributed by atoms with van der Waals surface area (Å²) in [6.45, 7) is 2.73. The van der Waals surface area contributed by atoms with Crippen molar-refractivity contribution in [3.63, 3.8) is 0 Å². The van der Waals surface area contributed by atoms with E-state index in [1.54, 1.807) is 24.4 Å². The molecule has 0 spiro atoms. The van der Waals surface area contributed by atoms with Crippen molar-refractivity contribution in [2.24, 2.45) is 0 Å². The molecule has 0 aliphatic heterocycles. The topological polar surface area (TPSA) is 49.8 Å². The first-order valence-corrected chi connectivity index (χ1v) is 6.27. The minimum atomic E-state index is -0.295. The molecule has 2 N–H and O–H groups in total. The summed E-state index contributed by atoms with van der Waals surface area (Å²) < 4.78 is 13.5. The van der Waals surface area contributed by atoms with Crippen molar-refractivity contribution in [2.75, 3.05) is 17.2 Å². The van der Waals surface area contributed by atoms with Crippen molar-refractivity contribution in [1.29, 1.82) is 0 Å². The fraction of sp³-hybridized carbons (Fsp3) is 0.167. The average Bonchev–Trinajstić information content (AvgIpc) is 2.35. The Balaban J connectivity index is 2.17. The zero-order valence-corrected chi connectivity index (χ0v) is 11.3. The molecule has 2 aromatic rings. The number of benzene rings is 1. The maximum Gasteiger partial charge on any atom is 0.224 e. The lowest BCUT2D eigenvalue weighted by atomic mass is 10.3. The average molecular weight is 311 g/mol. The number of anilines is 3. The van der Waals surface area contributed by atoms with E-state index in [1.807, 2.05) is 6.92 Å². The SMILES string of the molecule is CCNc1nccc(Nc2ccc(F)c(Br)c2)n1. The highest BCUT2D eigenvalue weighted by atomic mass is 79.9. The molecular formula is C12H12BrFN4. The number of aromatic nitrogens is 2. The van der Waals surface area contributed by atoms with Gasteiger partial charge in [-0.2, -0.15) is 4.98 Å². The molecule has 0 saturated heterocycles. The molecule has 1 heterocycles. The minimum Gasteiger partial charge on any atom is -0.354 e. The van der Waals surface area contributed by atoms with Crippen LogP contribution in [0, 0.1) is 5.82 Å². The lowest BCUT2D eigenvalue weighted by Crippen LogP contribution is -2.03. The molecule has 0 unspecified atom stereocenters. The molecule has 0 aliphatic rings. The van der Waals surface area contributed by atoms with Gasteiger partial charge < -0.3 is 10.6 Å². The molecule has 0 saturated carbocycles. The first-order chi connectivity index (χ1) is 8.69. The summed E-state index contributed by atoms with van der Waals surface area (Å²) in [4.78, 5) is 8.34. The fourth-order valence-corrected chi connectivity index (χ4v) is 1.77. The van der Waals surface area contributed by atoms with Crippen molar-refractivity contribution in [3.8, 4) is 0 Å². The van der Waals surface area contributed by atoms with Crippen LogP contribution in [0.4, 0.5) is 21.8 Å². The Morgan fingerprint density at radius 1 is 1.33 bits per heavy atom. The smallest absolute Gasteiger partial charge is 0.224 e. The maximum absolute atomic E-state index is 13.1. The predicted octanol–water partition coefficient (Wildman–Crippen LogP) is 3.55. The molecule has 0 fully saturated rings. The highest BCUT2D eigenvalue weighted by Gasteiger charge is 2.02. The third kappa shape index (κ3) is 3.16. The lowest BCUT2D eigenvalue weighted by molar-refractivity contribution is 0.621. The highest BCUT2D eigenvalue weighted by Crippen LogP contribution is 2.22. The van der Waals surface area contributed by atoms with Crippen LogP contribution < -0.4 is 10.6 Å². The van der Waals surface area contributed by atoms with Crippen LogP contribution in [-0.4, -0.2) is 16.5 Å². The fourth-order valence-electron chi connectivity index (χ4n) is 1.39. The van der Waals surface area contributed by atoms with Gasteiger partial charge in [0.1, 0.15) is 11.6 Å². The second-order valence-corrected chi connectivity index (χ2v) is 4.40. The molecule has 0 aliphatic carbocycles. The Morgan fingerprint density at radius 2 is 2.17 bits per heavy atom. The van der Waals surface area contributed by atoms with Gasteiger partial charge in [-0.3, -0.25) is 0 Å². The van der Waals surface area contributed by atoms with E-state index in [2.05, 4.69) is 36.5 Å². The zero-order chi connectivity index (χ0) is 13.0. The quantitative estimate of drug-likeness (QED) is 0.906. The van der Waals surface area contributed by atoms with E-state index in [0.717, 1.165) is 12.2 Å². The van der Waals surface area contributed by atoms with Crippen LogP contribution in [0.25, 0.3) is 0 Å². The van der Waals surface area contributed by atoms with Gasteiger partial charge in [0.2, 0.25) is 5.95 Å². The van der Waals surface area contributed by atoms with Crippen molar-refractivity contribution < 1.29 is 4.39 Å². The van der Waals surface area contributed by atoms with Crippen molar-refractivity contribution in [3.05, 3.63) is 40.8 Å². The van der Waals surface area contributed by atoms with Crippen LogP contribution in [0.2, 0.25) is 0 Å². The van der Waals surface area contributed by atoms with Crippen LogP contribution in [0.1, 0.15) is 6.92 Å². The molecule has 18 heavy (non-hydrogen) atoms. The number of hydrogen-bond acceptors (Lipinski definition) is 4. The van der Waals surface area contributed by atoms with E-state index < -0.39 is 0 Å². The summed E-state index contributed by atoms with van der Waals surface area (Å²) in [6, 6.07) is 6.44. The maximum atomic E-state index is 13.1. The van der Waals surface area contributed by atoms with Crippen molar-refractivity contribution in [2.45, 2.75) is 6.92 Å². The van der Waals surface area contributed by atoms with Gasteiger partial charge in [-0.05, 0) is 47.1 Å². The van der Waals surface area contributed by atoms with Crippen LogP contribution in [0.5, 0.6) is 0 Å². The summed E-state index contributed by atoms with van der Waals surface area (Å²) in [5, 5.41) is 6.11. The van der Waals surface area contributed by atoms with Gasteiger partial charge in [0.25, 0.3) is 0 Å². The van der Waals surface area contributed by atoms with Gasteiger partial charge >= 0.3 is 0 Å². The zero-order valence-electron chi connectivity index (χ0n) is 9.74. The number of nitrogens with zero attached hydrogens (tertiary/aromatic N) is 2. The first-order valence-electron chi connectivity index (χ1n) is 5.48. The molecular weight excluding hydrogens is 299 g/mol. The summed E-state index contributed by atoms with van der Waals surface area (Å²) >= 11 is 3.14.